The van der Waals surface area contributed by atoms with Crippen LogP contribution in [0.25, 0.3) is 11.3 Å². The first-order valence-electron chi connectivity index (χ1n) is 6.98. The van der Waals surface area contributed by atoms with Gasteiger partial charge in [0.05, 0.1) is 10.6 Å². The third-order valence-electron chi connectivity index (χ3n) is 3.13. The molecule has 1 heterocycles. The van der Waals surface area contributed by atoms with Gasteiger partial charge in [0.1, 0.15) is 0 Å². The minimum atomic E-state index is -3.21. The zero-order valence-corrected chi connectivity index (χ0v) is 13.4. The fourth-order valence-corrected chi connectivity index (χ4v) is 2.59. The standard InChI is InChI=1S/C15H18BNO4S/c1-3-10-21-16(18)13-8-9-17-15(11-13)12-4-6-14(7-5-12)22(2,19)20/h4-9,11,18H,3,10H2,1-2H3. The van der Waals surface area contributed by atoms with E-state index in [1.165, 1.54) is 6.26 Å². The summed E-state index contributed by atoms with van der Waals surface area (Å²) in [7, 11) is -4.20. The second-order valence-corrected chi connectivity index (χ2v) is 7.01. The molecule has 0 saturated heterocycles. The van der Waals surface area contributed by atoms with Crippen molar-refractivity contribution in [3.63, 3.8) is 0 Å². The molecule has 1 aromatic heterocycles. The lowest BCUT2D eigenvalue weighted by Gasteiger charge is -2.09. The summed E-state index contributed by atoms with van der Waals surface area (Å²) < 4.78 is 28.2. The summed E-state index contributed by atoms with van der Waals surface area (Å²) in [5.41, 5.74) is 2.04. The van der Waals surface area contributed by atoms with Gasteiger partial charge in [-0.2, -0.15) is 0 Å². The number of sulfone groups is 1. The predicted molar refractivity (Wildman–Crippen MR) is 86.6 cm³/mol. The number of hydrogen-bond acceptors (Lipinski definition) is 5. The van der Waals surface area contributed by atoms with E-state index in [1.807, 2.05) is 6.92 Å². The molecule has 2 aromatic rings. The van der Waals surface area contributed by atoms with Crippen molar-refractivity contribution in [1.29, 1.82) is 0 Å². The van der Waals surface area contributed by atoms with E-state index in [0.717, 1.165) is 12.0 Å². The second kappa shape index (κ2) is 7.04. The molecule has 0 radical (unpaired) electrons. The van der Waals surface area contributed by atoms with E-state index in [2.05, 4.69) is 4.98 Å². The molecular weight excluding hydrogens is 301 g/mol. The summed E-state index contributed by atoms with van der Waals surface area (Å²) in [6, 6.07) is 9.90. The summed E-state index contributed by atoms with van der Waals surface area (Å²) in [6.07, 6.45) is 3.58. The molecular formula is C15H18BNO4S. The van der Waals surface area contributed by atoms with E-state index < -0.39 is 17.0 Å². The Balaban J connectivity index is 2.26. The highest BCUT2D eigenvalue weighted by molar-refractivity contribution is 7.90. The van der Waals surface area contributed by atoms with Crippen molar-refractivity contribution in [3.8, 4) is 11.3 Å². The molecule has 2 rings (SSSR count). The number of hydrogen-bond donors (Lipinski definition) is 1. The fourth-order valence-electron chi connectivity index (χ4n) is 1.96. The van der Waals surface area contributed by atoms with Gasteiger partial charge in [0, 0.05) is 24.6 Å². The smallest absolute Gasteiger partial charge is 0.423 e. The molecule has 0 spiro atoms. The minimum Gasteiger partial charge on any atom is -0.423 e. The highest BCUT2D eigenvalue weighted by atomic mass is 32.2. The van der Waals surface area contributed by atoms with Gasteiger partial charge < -0.3 is 9.68 Å². The van der Waals surface area contributed by atoms with E-state index in [1.54, 1.807) is 42.6 Å². The molecule has 0 atom stereocenters. The zero-order valence-electron chi connectivity index (χ0n) is 12.6. The molecule has 0 bridgehead atoms. The number of nitrogens with zero attached hydrogens (tertiary/aromatic N) is 1. The molecule has 0 aliphatic rings. The topological polar surface area (TPSA) is 76.5 Å². The molecule has 116 valence electrons. The van der Waals surface area contributed by atoms with Crippen molar-refractivity contribution < 1.29 is 18.1 Å². The predicted octanol–water partition coefficient (Wildman–Crippen LogP) is 1.27. The van der Waals surface area contributed by atoms with Crippen LogP contribution >= 0.6 is 0 Å². The summed E-state index contributed by atoms with van der Waals surface area (Å²) in [5.74, 6) is 0. The Bertz CT molecular complexity index is 731. The maximum absolute atomic E-state index is 11.5. The maximum Gasteiger partial charge on any atom is 0.491 e. The second-order valence-electron chi connectivity index (χ2n) is 4.99. The maximum atomic E-state index is 11.5. The Labute approximate surface area is 131 Å². The van der Waals surface area contributed by atoms with Gasteiger partial charge in [-0.05, 0) is 36.1 Å². The van der Waals surface area contributed by atoms with Gasteiger partial charge in [0.25, 0.3) is 0 Å². The van der Waals surface area contributed by atoms with Gasteiger partial charge in [-0.1, -0.05) is 19.1 Å². The number of pyridine rings is 1. The molecule has 0 amide bonds. The van der Waals surface area contributed by atoms with Crippen molar-refractivity contribution >= 4 is 22.4 Å². The number of rotatable bonds is 6. The van der Waals surface area contributed by atoms with Crippen LogP contribution in [0.1, 0.15) is 13.3 Å². The molecule has 5 nitrogen and oxygen atoms in total. The van der Waals surface area contributed by atoms with Gasteiger partial charge in [0.2, 0.25) is 0 Å². The molecule has 22 heavy (non-hydrogen) atoms. The van der Waals surface area contributed by atoms with Gasteiger partial charge in [0.15, 0.2) is 9.84 Å². The largest absolute Gasteiger partial charge is 0.491 e. The molecule has 7 heteroatoms. The van der Waals surface area contributed by atoms with Crippen LogP contribution in [0.15, 0.2) is 47.5 Å². The number of benzene rings is 1. The Hall–Kier alpha value is -1.70. The van der Waals surface area contributed by atoms with Gasteiger partial charge >= 0.3 is 7.12 Å². The highest BCUT2D eigenvalue weighted by Gasteiger charge is 2.17. The third-order valence-corrected chi connectivity index (χ3v) is 4.26. The Morgan fingerprint density at radius 3 is 2.50 bits per heavy atom. The molecule has 0 unspecified atom stereocenters. The summed E-state index contributed by atoms with van der Waals surface area (Å²) in [6.45, 7) is 2.44. The van der Waals surface area contributed by atoms with Crippen LogP contribution in [0.4, 0.5) is 0 Å². The molecule has 0 fully saturated rings. The van der Waals surface area contributed by atoms with Crippen molar-refractivity contribution in [1.82, 2.24) is 4.98 Å². The minimum absolute atomic E-state index is 0.263. The quantitative estimate of drug-likeness (QED) is 0.811. The Kier molecular flexibility index (Phi) is 5.34. The first-order valence-corrected chi connectivity index (χ1v) is 8.87. The summed E-state index contributed by atoms with van der Waals surface area (Å²) >= 11 is 0. The van der Waals surface area contributed by atoms with Crippen molar-refractivity contribution in [2.24, 2.45) is 0 Å². The van der Waals surface area contributed by atoms with Crippen LogP contribution in [0.5, 0.6) is 0 Å². The van der Waals surface area contributed by atoms with Crippen molar-refractivity contribution in [2.45, 2.75) is 18.2 Å². The van der Waals surface area contributed by atoms with Crippen molar-refractivity contribution in [3.05, 3.63) is 42.6 Å². The normalized spacial score (nSPS) is 11.4. The summed E-state index contributed by atoms with van der Waals surface area (Å²) in [5, 5.41) is 9.94. The Morgan fingerprint density at radius 1 is 1.23 bits per heavy atom. The molecule has 1 N–H and O–H groups in total. The third kappa shape index (κ3) is 4.16. The molecule has 0 aliphatic carbocycles. The van der Waals surface area contributed by atoms with Crippen LogP contribution in [-0.4, -0.2) is 38.4 Å². The summed E-state index contributed by atoms with van der Waals surface area (Å²) in [4.78, 5) is 4.51. The molecule has 0 saturated carbocycles. The molecule has 0 aliphatic heterocycles. The first kappa shape index (κ1) is 16.7. The Morgan fingerprint density at radius 2 is 1.91 bits per heavy atom. The van der Waals surface area contributed by atoms with Crippen LogP contribution in [0.2, 0.25) is 0 Å². The lowest BCUT2D eigenvalue weighted by Crippen LogP contribution is -2.34. The SMILES string of the molecule is CCCOB(O)c1ccnc(-c2ccc(S(C)(=O)=O)cc2)c1. The van der Waals surface area contributed by atoms with Crippen LogP contribution in [0, 0.1) is 0 Å². The van der Waals surface area contributed by atoms with E-state index in [0.29, 0.717) is 17.8 Å². The van der Waals surface area contributed by atoms with E-state index in [-0.39, 0.29) is 4.90 Å². The average Bonchev–Trinajstić information content (AvgIpc) is 2.52. The van der Waals surface area contributed by atoms with Gasteiger partial charge in [-0.3, -0.25) is 4.98 Å². The van der Waals surface area contributed by atoms with Crippen LogP contribution < -0.4 is 5.46 Å². The van der Waals surface area contributed by atoms with Gasteiger partial charge in [-0.25, -0.2) is 8.42 Å². The van der Waals surface area contributed by atoms with E-state index >= 15 is 0 Å². The highest BCUT2D eigenvalue weighted by Crippen LogP contribution is 2.18. The van der Waals surface area contributed by atoms with Gasteiger partial charge in [-0.15, -0.1) is 0 Å². The first-order chi connectivity index (χ1) is 10.4. The van der Waals surface area contributed by atoms with E-state index in [4.69, 9.17) is 4.65 Å². The van der Waals surface area contributed by atoms with Crippen molar-refractivity contribution in [2.75, 3.05) is 12.9 Å². The monoisotopic (exact) mass is 319 g/mol. The van der Waals surface area contributed by atoms with Crippen LogP contribution in [-0.2, 0) is 14.5 Å². The number of aromatic nitrogens is 1. The van der Waals surface area contributed by atoms with E-state index in [9.17, 15) is 13.4 Å². The lowest BCUT2D eigenvalue weighted by molar-refractivity contribution is 0.270. The molecule has 1 aromatic carbocycles. The average molecular weight is 319 g/mol. The fraction of sp³-hybridized carbons (Fsp3) is 0.267. The lowest BCUT2D eigenvalue weighted by atomic mass is 9.79. The van der Waals surface area contributed by atoms with Crippen LogP contribution in [0.3, 0.4) is 0 Å². The zero-order chi connectivity index (χ0) is 16.2.